The molecule has 1 aliphatic rings. The van der Waals surface area contributed by atoms with Crippen LogP contribution in [-0.4, -0.2) is 44.5 Å². The van der Waals surface area contributed by atoms with Crippen molar-refractivity contribution in [2.24, 2.45) is 0 Å². The van der Waals surface area contributed by atoms with Crippen LogP contribution in [0.1, 0.15) is 53.0 Å². The molecule has 0 aromatic carbocycles. The van der Waals surface area contributed by atoms with Crippen molar-refractivity contribution in [3.8, 4) is 6.07 Å². The molecule has 4 heterocycles. The number of hydrogen-bond donors (Lipinski definition) is 2. The van der Waals surface area contributed by atoms with Crippen LogP contribution in [0.25, 0.3) is 5.65 Å². The SMILES string of the molecule is Cc1cc([C@@H](C)Nc2ccc(F)nc2C(=O)O)c2nc(N3CCC(F)(F)CC3)c(C#N)c(=O)n2c1. The summed E-state index contributed by atoms with van der Waals surface area (Å²) in [6.45, 7) is 3.29. The van der Waals surface area contributed by atoms with Crippen molar-refractivity contribution in [2.45, 2.75) is 38.7 Å². The lowest BCUT2D eigenvalue weighted by Gasteiger charge is -2.33. The van der Waals surface area contributed by atoms with Gasteiger partial charge in [0.05, 0.1) is 11.7 Å². The van der Waals surface area contributed by atoms with Gasteiger partial charge in [0.15, 0.2) is 17.1 Å². The second kappa shape index (κ2) is 8.90. The first-order valence-corrected chi connectivity index (χ1v) is 10.8. The number of aromatic carboxylic acids is 1. The van der Waals surface area contributed by atoms with Gasteiger partial charge in [0, 0.05) is 37.7 Å². The fourth-order valence-electron chi connectivity index (χ4n) is 4.11. The number of rotatable bonds is 5. The molecule has 0 spiro atoms. The number of aryl methyl sites for hydroxylation is 1. The first-order chi connectivity index (χ1) is 16.5. The molecule has 182 valence electrons. The number of nitriles is 1. The number of piperidine rings is 1. The molecule has 12 heteroatoms. The second-order valence-corrected chi connectivity index (χ2v) is 8.44. The van der Waals surface area contributed by atoms with Crippen molar-refractivity contribution >= 4 is 23.1 Å². The number of carboxylic acids is 1. The minimum atomic E-state index is -2.82. The highest BCUT2D eigenvalue weighted by molar-refractivity contribution is 5.92. The van der Waals surface area contributed by atoms with Crippen LogP contribution in [0.2, 0.25) is 0 Å². The number of hydrogen-bond acceptors (Lipinski definition) is 7. The largest absolute Gasteiger partial charge is 0.476 e. The number of carboxylic acid groups (broad SMARTS) is 1. The molecule has 1 atom stereocenters. The van der Waals surface area contributed by atoms with E-state index in [1.54, 1.807) is 19.9 Å². The van der Waals surface area contributed by atoms with Crippen molar-refractivity contribution in [3.63, 3.8) is 0 Å². The maximum Gasteiger partial charge on any atom is 0.356 e. The predicted molar refractivity (Wildman–Crippen MR) is 121 cm³/mol. The Bertz CT molecular complexity index is 1420. The summed E-state index contributed by atoms with van der Waals surface area (Å²) in [5.41, 5.74) is -0.0247. The van der Waals surface area contributed by atoms with Crippen LogP contribution < -0.4 is 15.8 Å². The van der Waals surface area contributed by atoms with Gasteiger partial charge in [0.1, 0.15) is 11.7 Å². The summed E-state index contributed by atoms with van der Waals surface area (Å²) in [4.78, 5) is 34.2. The van der Waals surface area contributed by atoms with Crippen LogP contribution in [0.5, 0.6) is 0 Å². The maximum atomic E-state index is 13.7. The molecule has 0 radical (unpaired) electrons. The molecular weight excluding hydrogens is 465 g/mol. The van der Waals surface area contributed by atoms with Crippen molar-refractivity contribution < 1.29 is 23.1 Å². The summed E-state index contributed by atoms with van der Waals surface area (Å²) in [7, 11) is 0. The van der Waals surface area contributed by atoms with Crippen molar-refractivity contribution in [2.75, 3.05) is 23.3 Å². The smallest absolute Gasteiger partial charge is 0.356 e. The van der Waals surface area contributed by atoms with E-state index in [0.717, 1.165) is 6.07 Å². The summed E-state index contributed by atoms with van der Waals surface area (Å²) in [6.07, 6.45) is 0.665. The quantitative estimate of drug-likeness (QED) is 0.525. The third kappa shape index (κ3) is 4.62. The molecule has 0 bridgehead atoms. The zero-order valence-corrected chi connectivity index (χ0v) is 18.8. The standard InChI is InChI=1S/C23H21F3N6O3/c1-12-9-14(13(2)28-16-3-4-17(24)29-18(16)22(34)35)20-30-19(15(10-27)21(33)32(20)11-12)31-7-5-23(25,26)6-8-31/h3-4,9,11,13,28H,5-8H2,1-2H3,(H,34,35)/t13-/m1/s1. The number of pyridine rings is 2. The van der Waals surface area contributed by atoms with Gasteiger partial charge in [-0.15, -0.1) is 0 Å². The van der Waals surface area contributed by atoms with E-state index in [9.17, 15) is 33.1 Å². The molecule has 0 saturated carbocycles. The molecule has 4 rings (SSSR count). The summed E-state index contributed by atoms with van der Waals surface area (Å²) >= 11 is 0. The van der Waals surface area contributed by atoms with E-state index in [1.807, 2.05) is 6.07 Å². The van der Waals surface area contributed by atoms with Gasteiger partial charge in [-0.05, 0) is 37.6 Å². The molecular formula is C23H21F3N6O3. The molecule has 2 N–H and O–H groups in total. The predicted octanol–water partition coefficient (Wildman–Crippen LogP) is 3.52. The Labute approximate surface area is 197 Å². The van der Waals surface area contributed by atoms with Gasteiger partial charge in [-0.3, -0.25) is 9.20 Å². The summed E-state index contributed by atoms with van der Waals surface area (Å²) in [6, 6.07) is 5.22. The van der Waals surface area contributed by atoms with Crippen molar-refractivity contribution in [1.82, 2.24) is 14.4 Å². The third-order valence-corrected chi connectivity index (χ3v) is 5.88. The second-order valence-electron chi connectivity index (χ2n) is 8.44. The average Bonchev–Trinajstić information content (AvgIpc) is 2.80. The van der Waals surface area contributed by atoms with E-state index in [0.29, 0.717) is 11.1 Å². The lowest BCUT2D eigenvalue weighted by atomic mass is 10.1. The van der Waals surface area contributed by atoms with Gasteiger partial charge in [-0.25, -0.2) is 23.5 Å². The van der Waals surface area contributed by atoms with Crippen LogP contribution in [0.15, 0.2) is 29.2 Å². The lowest BCUT2D eigenvalue weighted by Crippen LogP contribution is -2.41. The van der Waals surface area contributed by atoms with Gasteiger partial charge < -0.3 is 15.3 Å². The monoisotopic (exact) mass is 486 g/mol. The van der Waals surface area contributed by atoms with E-state index >= 15 is 0 Å². The van der Waals surface area contributed by atoms with E-state index < -0.39 is 48.0 Å². The van der Waals surface area contributed by atoms with Gasteiger partial charge >= 0.3 is 5.97 Å². The topological polar surface area (TPSA) is 124 Å². The molecule has 3 aromatic rings. The summed E-state index contributed by atoms with van der Waals surface area (Å²) in [5, 5.41) is 22.0. The third-order valence-electron chi connectivity index (χ3n) is 5.88. The molecule has 9 nitrogen and oxygen atoms in total. The van der Waals surface area contributed by atoms with Crippen molar-refractivity contribution in [1.29, 1.82) is 5.26 Å². The van der Waals surface area contributed by atoms with Crippen LogP contribution >= 0.6 is 0 Å². The Morgan fingerprint density at radius 1 is 1.29 bits per heavy atom. The van der Waals surface area contributed by atoms with Gasteiger partial charge in [-0.1, -0.05) is 0 Å². The van der Waals surface area contributed by atoms with E-state index in [1.165, 1.54) is 21.6 Å². The Hall–Kier alpha value is -4.14. The minimum Gasteiger partial charge on any atom is -0.476 e. The van der Waals surface area contributed by atoms with Crippen LogP contribution in [0.4, 0.5) is 24.7 Å². The van der Waals surface area contributed by atoms with Gasteiger partial charge in [0.2, 0.25) is 5.95 Å². The number of nitrogens with zero attached hydrogens (tertiary/aromatic N) is 5. The van der Waals surface area contributed by atoms with Crippen molar-refractivity contribution in [3.05, 3.63) is 63.1 Å². The number of alkyl halides is 2. The zero-order chi connectivity index (χ0) is 25.5. The first-order valence-electron chi connectivity index (χ1n) is 10.8. The minimum absolute atomic E-state index is 0.0278. The molecule has 35 heavy (non-hydrogen) atoms. The fraction of sp³-hybridized carbons (Fsp3) is 0.348. The highest BCUT2D eigenvalue weighted by atomic mass is 19.3. The highest BCUT2D eigenvalue weighted by Gasteiger charge is 2.35. The molecule has 1 aliphatic heterocycles. The highest BCUT2D eigenvalue weighted by Crippen LogP contribution is 2.32. The number of fused-ring (bicyclic) bond motifs is 1. The average molecular weight is 486 g/mol. The molecule has 0 amide bonds. The van der Waals surface area contributed by atoms with Crippen LogP contribution in [-0.2, 0) is 0 Å². The number of nitrogens with one attached hydrogen (secondary N) is 1. The summed E-state index contributed by atoms with van der Waals surface area (Å²) in [5.74, 6) is -5.16. The number of aromatic nitrogens is 3. The van der Waals surface area contributed by atoms with Crippen LogP contribution in [0.3, 0.4) is 0 Å². The molecule has 0 aliphatic carbocycles. The Morgan fingerprint density at radius 3 is 2.60 bits per heavy atom. The van der Waals surface area contributed by atoms with E-state index in [2.05, 4.69) is 15.3 Å². The van der Waals surface area contributed by atoms with Gasteiger partial charge in [0.25, 0.3) is 11.5 Å². The van der Waals surface area contributed by atoms with E-state index in [-0.39, 0.29) is 35.8 Å². The molecule has 0 unspecified atom stereocenters. The fourth-order valence-corrected chi connectivity index (χ4v) is 4.11. The first kappa shape index (κ1) is 24.0. The molecule has 3 aromatic heterocycles. The lowest BCUT2D eigenvalue weighted by molar-refractivity contribution is -0.0221. The summed E-state index contributed by atoms with van der Waals surface area (Å²) < 4.78 is 42.1. The Kier molecular flexibility index (Phi) is 6.10. The molecule has 1 fully saturated rings. The number of halogens is 3. The maximum absolute atomic E-state index is 13.7. The molecule has 1 saturated heterocycles. The number of carbonyl (C=O) groups is 1. The van der Waals surface area contributed by atoms with E-state index in [4.69, 9.17) is 0 Å². The Morgan fingerprint density at radius 2 is 1.97 bits per heavy atom. The Balaban J connectivity index is 1.83. The zero-order valence-electron chi connectivity index (χ0n) is 18.8. The normalized spacial score (nSPS) is 16.1. The number of anilines is 2. The van der Waals surface area contributed by atoms with Gasteiger partial charge in [-0.2, -0.15) is 9.65 Å². The van der Waals surface area contributed by atoms with Crippen LogP contribution in [0, 0.1) is 24.2 Å².